The number of aromatic nitrogens is 2. The Balaban J connectivity index is 1.67. The highest BCUT2D eigenvalue weighted by molar-refractivity contribution is 6.36. The van der Waals surface area contributed by atoms with Crippen molar-refractivity contribution in [3.05, 3.63) is 69.8 Å². The minimum atomic E-state index is -0.418. The van der Waals surface area contributed by atoms with Crippen LogP contribution in [-0.4, -0.2) is 29.4 Å². The molecule has 0 saturated heterocycles. The fourth-order valence-corrected chi connectivity index (χ4v) is 2.69. The van der Waals surface area contributed by atoms with Gasteiger partial charge in [-0.05, 0) is 54.1 Å². The number of methoxy groups -OCH3 is 1. The Morgan fingerprint density at radius 2 is 1.96 bits per heavy atom. The average molecular weight is 389 g/mol. The molecule has 1 aromatic heterocycles. The number of rotatable bonds is 5. The number of benzene rings is 2. The van der Waals surface area contributed by atoms with Gasteiger partial charge >= 0.3 is 0 Å². The molecular formula is C18H14Cl2N4O2. The lowest BCUT2D eigenvalue weighted by Crippen LogP contribution is -2.17. The van der Waals surface area contributed by atoms with Crippen LogP contribution in [0.3, 0.4) is 0 Å². The summed E-state index contributed by atoms with van der Waals surface area (Å²) in [5, 5.41) is 11.7. The van der Waals surface area contributed by atoms with E-state index in [1.54, 1.807) is 43.5 Å². The van der Waals surface area contributed by atoms with Crippen LogP contribution in [0.5, 0.6) is 5.75 Å². The third-order valence-corrected chi connectivity index (χ3v) is 4.07. The molecule has 0 aliphatic heterocycles. The van der Waals surface area contributed by atoms with Gasteiger partial charge in [-0.1, -0.05) is 23.2 Å². The Labute approximate surface area is 159 Å². The van der Waals surface area contributed by atoms with Crippen molar-refractivity contribution in [3.63, 3.8) is 0 Å². The quantitative estimate of drug-likeness (QED) is 0.508. The van der Waals surface area contributed by atoms with Crippen LogP contribution < -0.4 is 10.2 Å². The molecule has 26 heavy (non-hydrogen) atoms. The topological polar surface area (TPSA) is 79.4 Å². The highest BCUT2D eigenvalue weighted by Crippen LogP contribution is 2.29. The molecule has 0 unspecified atom stereocenters. The van der Waals surface area contributed by atoms with Crippen molar-refractivity contribution >= 4 is 35.3 Å². The van der Waals surface area contributed by atoms with Crippen LogP contribution in [0.4, 0.5) is 0 Å². The fourth-order valence-electron chi connectivity index (χ4n) is 2.19. The Kier molecular flexibility index (Phi) is 5.55. The lowest BCUT2D eigenvalue weighted by molar-refractivity contribution is 0.0950. The van der Waals surface area contributed by atoms with Gasteiger partial charge in [-0.25, -0.2) is 5.43 Å². The Bertz CT molecular complexity index is 952. The molecule has 2 aromatic carbocycles. The predicted molar refractivity (Wildman–Crippen MR) is 102 cm³/mol. The average Bonchev–Trinajstić information content (AvgIpc) is 3.12. The van der Waals surface area contributed by atoms with Crippen LogP contribution in [-0.2, 0) is 0 Å². The van der Waals surface area contributed by atoms with Crippen molar-refractivity contribution in [2.24, 2.45) is 5.10 Å². The number of carbonyl (C=O) groups is 1. The molecule has 0 bridgehead atoms. The van der Waals surface area contributed by atoms with Gasteiger partial charge < -0.3 is 4.74 Å². The maximum absolute atomic E-state index is 12.1. The standard InChI is InChI=1S/C18H14Cl2N4O2/c1-26-13-5-2-11(3-6-13)10-21-24-18(25)17-9-16(22-23-17)14-7-4-12(19)8-15(14)20/h2-10H,1H3,(H,22,23)(H,24,25)/b21-10+. The van der Waals surface area contributed by atoms with E-state index < -0.39 is 5.91 Å². The number of carbonyl (C=O) groups excluding carboxylic acids is 1. The van der Waals surface area contributed by atoms with Crippen LogP contribution >= 0.6 is 23.2 Å². The van der Waals surface area contributed by atoms with Crippen molar-refractivity contribution in [1.29, 1.82) is 0 Å². The summed E-state index contributed by atoms with van der Waals surface area (Å²) >= 11 is 12.0. The van der Waals surface area contributed by atoms with Crippen molar-refractivity contribution in [2.45, 2.75) is 0 Å². The van der Waals surface area contributed by atoms with E-state index in [-0.39, 0.29) is 5.69 Å². The summed E-state index contributed by atoms with van der Waals surface area (Å²) in [5.74, 6) is 0.329. The van der Waals surface area contributed by atoms with Gasteiger partial charge in [0.1, 0.15) is 11.4 Å². The van der Waals surface area contributed by atoms with Crippen LogP contribution in [0.1, 0.15) is 16.1 Å². The van der Waals surface area contributed by atoms with Crippen molar-refractivity contribution < 1.29 is 9.53 Å². The molecule has 0 aliphatic rings. The van der Waals surface area contributed by atoms with Crippen molar-refractivity contribution in [3.8, 4) is 17.0 Å². The zero-order chi connectivity index (χ0) is 18.5. The molecule has 0 fully saturated rings. The predicted octanol–water partition coefficient (Wildman–Crippen LogP) is 4.16. The van der Waals surface area contributed by atoms with Gasteiger partial charge in [0.2, 0.25) is 0 Å². The minimum Gasteiger partial charge on any atom is -0.497 e. The minimum absolute atomic E-state index is 0.262. The molecule has 0 radical (unpaired) electrons. The van der Waals surface area contributed by atoms with Crippen LogP contribution in [0.15, 0.2) is 53.6 Å². The van der Waals surface area contributed by atoms with E-state index in [4.69, 9.17) is 27.9 Å². The normalized spacial score (nSPS) is 10.9. The zero-order valence-electron chi connectivity index (χ0n) is 13.7. The molecule has 2 N–H and O–H groups in total. The van der Waals surface area contributed by atoms with Crippen LogP contribution in [0, 0.1) is 0 Å². The van der Waals surface area contributed by atoms with Gasteiger partial charge in [0.05, 0.1) is 24.0 Å². The number of hydrogen-bond donors (Lipinski definition) is 2. The van der Waals surface area contributed by atoms with Crippen LogP contribution in [0.2, 0.25) is 10.0 Å². The first-order valence-electron chi connectivity index (χ1n) is 7.55. The SMILES string of the molecule is COc1ccc(/C=N/NC(=O)c2cc(-c3ccc(Cl)cc3Cl)n[nH]2)cc1. The first-order valence-corrected chi connectivity index (χ1v) is 8.30. The van der Waals surface area contributed by atoms with Crippen LogP contribution in [0.25, 0.3) is 11.3 Å². The van der Waals surface area contributed by atoms with E-state index >= 15 is 0 Å². The second-order valence-electron chi connectivity index (χ2n) is 5.26. The number of H-pyrrole nitrogens is 1. The lowest BCUT2D eigenvalue weighted by atomic mass is 10.1. The molecule has 6 nitrogen and oxygen atoms in total. The Morgan fingerprint density at radius 3 is 2.65 bits per heavy atom. The molecular weight excluding hydrogens is 375 g/mol. The number of hydrazone groups is 1. The molecule has 132 valence electrons. The number of halogens is 2. The van der Waals surface area contributed by atoms with E-state index in [9.17, 15) is 4.79 Å². The zero-order valence-corrected chi connectivity index (χ0v) is 15.2. The number of aromatic amines is 1. The number of amides is 1. The smallest absolute Gasteiger partial charge is 0.289 e. The molecule has 8 heteroatoms. The largest absolute Gasteiger partial charge is 0.497 e. The monoisotopic (exact) mass is 388 g/mol. The van der Waals surface area contributed by atoms with E-state index in [2.05, 4.69) is 20.7 Å². The number of nitrogens with zero attached hydrogens (tertiary/aromatic N) is 2. The molecule has 3 rings (SSSR count). The van der Waals surface area contributed by atoms with Crippen molar-refractivity contribution in [2.75, 3.05) is 7.11 Å². The summed E-state index contributed by atoms with van der Waals surface area (Å²) in [5.41, 5.74) is 4.74. The van der Waals surface area contributed by atoms with E-state index in [0.29, 0.717) is 21.3 Å². The number of hydrogen-bond acceptors (Lipinski definition) is 4. The second-order valence-corrected chi connectivity index (χ2v) is 6.11. The number of ether oxygens (including phenoxy) is 1. The van der Waals surface area contributed by atoms with Crippen molar-refractivity contribution in [1.82, 2.24) is 15.6 Å². The maximum atomic E-state index is 12.1. The molecule has 1 heterocycles. The van der Waals surface area contributed by atoms with Gasteiger partial charge in [-0.3, -0.25) is 9.89 Å². The van der Waals surface area contributed by atoms with Gasteiger partial charge in [0.15, 0.2) is 0 Å². The molecule has 0 aliphatic carbocycles. The molecule has 0 saturated carbocycles. The van der Waals surface area contributed by atoms with E-state index in [1.165, 1.54) is 6.21 Å². The summed E-state index contributed by atoms with van der Waals surface area (Å²) < 4.78 is 5.08. The molecule has 1 amide bonds. The van der Waals surface area contributed by atoms with Gasteiger partial charge in [0.25, 0.3) is 5.91 Å². The summed E-state index contributed by atoms with van der Waals surface area (Å²) in [7, 11) is 1.60. The third kappa shape index (κ3) is 4.22. The Morgan fingerprint density at radius 1 is 1.19 bits per heavy atom. The van der Waals surface area contributed by atoms with E-state index in [0.717, 1.165) is 11.3 Å². The first kappa shape index (κ1) is 18.0. The highest BCUT2D eigenvalue weighted by atomic mass is 35.5. The summed E-state index contributed by atoms with van der Waals surface area (Å²) in [6, 6.07) is 13.9. The van der Waals surface area contributed by atoms with Gasteiger partial charge in [-0.15, -0.1) is 0 Å². The van der Waals surface area contributed by atoms with Gasteiger partial charge in [-0.2, -0.15) is 10.2 Å². The first-order chi connectivity index (χ1) is 12.6. The summed E-state index contributed by atoms with van der Waals surface area (Å²) in [4.78, 5) is 12.1. The summed E-state index contributed by atoms with van der Waals surface area (Å²) in [6.07, 6.45) is 1.53. The third-order valence-electron chi connectivity index (χ3n) is 3.53. The summed E-state index contributed by atoms with van der Waals surface area (Å²) in [6.45, 7) is 0. The Hall–Kier alpha value is -2.83. The molecule has 0 atom stereocenters. The lowest BCUT2D eigenvalue weighted by Gasteiger charge is -2.00. The molecule has 0 spiro atoms. The highest BCUT2D eigenvalue weighted by Gasteiger charge is 2.12. The maximum Gasteiger partial charge on any atom is 0.289 e. The van der Waals surface area contributed by atoms with Gasteiger partial charge in [0, 0.05) is 10.6 Å². The second kappa shape index (κ2) is 8.03. The van der Waals surface area contributed by atoms with E-state index in [1.807, 2.05) is 12.1 Å². The number of nitrogens with one attached hydrogen (secondary N) is 2. The molecule has 3 aromatic rings. The fraction of sp³-hybridized carbons (Fsp3) is 0.0556.